The predicted molar refractivity (Wildman–Crippen MR) is 65.4 cm³/mol. The molecular formula is C13H18O5. The van der Waals surface area contributed by atoms with Gasteiger partial charge in [0.05, 0.1) is 33.0 Å². The molecule has 0 atom stereocenters. The maximum atomic E-state index is 10.1. The molecule has 0 bridgehead atoms. The molecular weight excluding hydrogens is 236 g/mol. The number of carboxylic acids is 1. The fourth-order valence-electron chi connectivity index (χ4n) is 1.26. The Morgan fingerprint density at radius 2 is 1.56 bits per heavy atom. The van der Waals surface area contributed by atoms with Gasteiger partial charge in [0.2, 0.25) is 0 Å². The zero-order valence-electron chi connectivity index (χ0n) is 10.2. The van der Waals surface area contributed by atoms with Crippen LogP contribution in [0.15, 0.2) is 30.3 Å². The van der Waals surface area contributed by atoms with Crippen LogP contribution in [0, 0.1) is 0 Å². The lowest BCUT2D eigenvalue weighted by Gasteiger charge is -2.06. The van der Waals surface area contributed by atoms with E-state index >= 15 is 0 Å². The minimum absolute atomic E-state index is 0.283. The third kappa shape index (κ3) is 7.78. The average Bonchev–Trinajstić information content (AvgIpc) is 2.37. The molecule has 1 aromatic rings. The molecule has 1 N–H and O–H groups in total. The van der Waals surface area contributed by atoms with E-state index in [4.69, 9.17) is 19.3 Å². The van der Waals surface area contributed by atoms with Crippen LogP contribution in [0.2, 0.25) is 0 Å². The minimum atomic E-state index is -0.971. The van der Waals surface area contributed by atoms with Crippen molar-refractivity contribution in [2.75, 3.05) is 33.0 Å². The Morgan fingerprint density at radius 1 is 0.944 bits per heavy atom. The molecule has 0 unspecified atom stereocenters. The lowest BCUT2D eigenvalue weighted by molar-refractivity contribution is -0.142. The van der Waals surface area contributed by atoms with Crippen molar-refractivity contribution in [3.05, 3.63) is 35.9 Å². The van der Waals surface area contributed by atoms with Crippen LogP contribution in [-0.2, 0) is 25.6 Å². The Hall–Kier alpha value is -1.43. The van der Waals surface area contributed by atoms with Crippen LogP contribution in [0.1, 0.15) is 5.56 Å². The van der Waals surface area contributed by atoms with Crippen LogP contribution in [0.5, 0.6) is 0 Å². The summed E-state index contributed by atoms with van der Waals surface area (Å²) in [7, 11) is 0. The highest BCUT2D eigenvalue weighted by atomic mass is 16.5. The molecule has 0 amide bonds. The smallest absolute Gasteiger partial charge is 0.329 e. The summed E-state index contributed by atoms with van der Waals surface area (Å²) in [6.07, 6.45) is 0. The summed E-state index contributed by atoms with van der Waals surface area (Å²) in [5.41, 5.74) is 1.13. The van der Waals surface area contributed by atoms with Crippen molar-refractivity contribution in [1.29, 1.82) is 0 Å². The zero-order valence-corrected chi connectivity index (χ0v) is 10.2. The highest BCUT2D eigenvalue weighted by molar-refractivity contribution is 5.67. The van der Waals surface area contributed by atoms with Gasteiger partial charge >= 0.3 is 5.97 Å². The average molecular weight is 254 g/mol. The van der Waals surface area contributed by atoms with E-state index in [2.05, 4.69) is 0 Å². The molecule has 0 fully saturated rings. The Kier molecular flexibility index (Phi) is 7.79. The van der Waals surface area contributed by atoms with Gasteiger partial charge in [-0.1, -0.05) is 30.3 Å². The molecule has 1 rings (SSSR count). The zero-order chi connectivity index (χ0) is 13.1. The van der Waals surface area contributed by atoms with Gasteiger partial charge < -0.3 is 19.3 Å². The molecule has 0 aliphatic heterocycles. The van der Waals surface area contributed by atoms with Crippen LogP contribution in [-0.4, -0.2) is 44.1 Å². The first-order chi connectivity index (χ1) is 8.79. The summed E-state index contributed by atoms with van der Waals surface area (Å²) >= 11 is 0. The molecule has 0 aromatic heterocycles. The van der Waals surface area contributed by atoms with E-state index in [1.54, 1.807) is 0 Å². The van der Waals surface area contributed by atoms with Gasteiger partial charge in [-0.25, -0.2) is 4.79 Å². The van der Waals surface area contributed by atoms with Crippen LogP contribution in [0.25, 0.3) is 0 Å². The number of aliphatic carboxylic acids is 1. The van der Waals surface area contributed by atoms with E-state index < -0.39 is 5.97 Å². The van der Waals surface area contributed by atoms with Gasteiger partial charge in [-0.3, -0.25) is 0 Å². The SMILES string of the molecule is O=C(O)COCCOCCOCc1ccccc1. The fourth-order valence-corrected chi connectivity index (χ4v) is 1.26. The van der Waals surface area contributed by atoms with Crippen molar-refractivity contribution in [1.82, 2.24) is 0 Å². The number of carboxylic acid groups (broad SMARTS) is 1. The molecule has 0 radical (unpaired) electrons. The van der Waals surface area contributed by atoms with Crippen LogP contribution >= 0.6 is 0 Å². The summed E-state index contributed by atoms with van der Waals surface area (Å²) in [6, 6.07) is 9.90. The van der Waals surface area contributed by atoms with E-state index in [1.165, 1.54) is 0 Å². The van der Waals surface area contributed by atoms with Gasteiger partial charge in [-0.05, 0) is 5.56 Å². The van der Waals surface area contributed by atoms with E-state index in [0.29, 0.717) is 26.4 Å². The third-order valence-corrected chi connectivity index (χ3v) is 2.08. The highest BCUT2D eigenvalue weighted by Gasteiger charge is 1.96. The number of carbonyl (C=O) groups is 1. The normalized spacial score (nSPS) is 10.4. The number of hydrogen-bond acceptors (Lipinski definition) is 4. The quantitative estimate of drug-likeness (QED) is 0.638. The molecule has 5 heteroatoms. The molecule has 0 aliphatic rings. The first-order valence-corrected chi connectivity index (χ1v) is 5.78. The highest BCUT2D eigenvalue weighted by Crippen LogP contribution is 1.99. The van der Waals surface area contributed by atoms with Gasteiger partial charge in [0, 0.05) is 0 Å². The van der Waals surface area contributed by atoms with Crippen molar-refractivity contribution in [3.63, 3.8) is 0 Å². The lowest BCUT2D eigenvalue weighted by Crippen LogP contribution is -2.13. The standard InChI is InChI=1S/C13H18O5/c14-13(15)11-18-9-7-16-6-8-17-10-12-4-2-1-3-5-12/h1-5H,6-11H2,(H,14,15). The Morgan fingerprint density at radius 3 is 2.22 bits per heavy atom. The Balaban J connectivity index is 1.86. The number of rotatable bonds is 10. The van der Waals surface area contributed by atoms with E-state index in [0.717, 1.165) is 5.56 Å². The fraction of sp³-hybridized carbons (Fsp3) is 0.462. The Bertz CT molecular complexity index is 325. The van der Waals surface area contributed by atoms with Gasteiger partial charge in [-0.2, -0.15) is 0 Å². The molecule has 18 heavy (non-hydrogen) atoms. The van der Waals surface area contributed by atoms with Gasteiger partial charge in [0.1, 0.15) is 6.61 Å². The van der Waals surface area contributed by atoms with Crippen molar-refractivity contribution in [2.24, 2.45) is 0 Å². The molecule has 100 valence electrons. The monoisotopic (exact) mass is 254 g/mol. The maximum absolute atomic E-state index is 10.1. The second-order valence-corrected chi connectivity index (χ2v) is 3.60. The van der Waals surface area contributed by atoms with E-state index in [9.17, 15) is 4.79 Å². The maximum Gasteiger partial charge on any atom is 0.329 e. The first-order valence-electron chi connectivity index (χ1n) is 5.78. The van der Waals surface area contributed by atoms with Crippen molar-refractivity contribution in [2.45, 2.75) is 6.61 Å². The summed E-state index contributed by atoms with van der Waals surface area (Å²) < 4.78 is 15.4. The van der Waals surface area contributed by atoms with Crippen LogP contribution in [0.3, 0.4) is 0 Å². The predicted octanol–water partition coefficient (Wildman–Crippen LogP) is 1.32. The second-order valence-electron chi connectivity index (χ2n) is 3.60. The molecule has 0 spiro atoms. The number of benzene rings is 1. The number of ether oxygens (including phenoxy) is 3. The number of hydrogen-bond donors (Lipinski definition) is 1. The van der Waals surface area contributed by atoms with Gasteiger partial charge in [0.25, 0.3) is 0 Å². The lowest BCUT2D eigenvalue weighted by atomic mass is 10.2. The molecule has 5 nitrogen and oxygen atoms in total. The molecule has 0 heterocycles. The largest absolute Gasteiger partial charge is 0.480 e. The summed E-state index contributed by atoms with van der Waals surface area (Å²) in [5, 5.41) is 8.31. The molecule has 0 saturated heterocycles. The minimum Gasteiger partial charge on any atom is -0.480 e. The van der Waals surface area contributed by atoms with E-state index in [-0.39, 0.29) is 13.2 Å². The van der Waals surface area contributed by atoms with E-state index in [1.807, 2.05) is 30.3 Å². The van der Waals surface area contributed by atoms with Crippen molar-refractivity contribution < 1.29 is 24.1 Å². The molecule has 0 saturated carbocycles. The molecule has 1 aromatic carbocycles. The third-order valence-electron chi connectivity index (χ3n) is 2.08. The van der Waals surface area contributed by atoms with Crippen molar-refractivity contribution >= 4 is 5.97 Å². The summed E-state index contributed by atoms with van der Waals surface area (Å²) in [5.74, 6) is -0.971. The molecule has 0 aliphatic carbocycles. The summed E-state index contributed by atoms with van der Waals surface area (Å²) in [4.78, 5) is 10.1. The van der Waals surface area contributed by atoms with Crippen LogP contribution < -0.4 is 0 Å². The summed E-state index contributed by atoms with van der Waals surface area (Å²) in [6.45, 7) is 1.93. The van der Waals surface area contributed by atoms with Crippen LogP contribution in [0.4, 0.5) is 0 Å². The first kappa shape index (κ1) is 14.6. The van der Waals surface area contributed by atoms with Gasteiger partial charge in [0.15, 0.2) is 0 Å². The van der Waals surface area contributed by atoms with Crippen molar-refractivity contribution in [3.8, 4) is 0 Å². The Labute approximate surface area is 106 Å². The second kappa shape index (κ2) is 9.58. The van der Waals surface area contributed by atoms with Gasteiger partial charge in [-0.15, -0.1) is 0 Å². The topological polar surface area (TPSA) is 65.0 Å².